The highest BCUT2D eigenvalue weighted by atomic mass is 35.5. The number of carbonyl (C=O) groups excluding carboxylic acids is 3. The second-order valence-electron chi connectivity index (χ2n) is 11.3. The molecule has 0 heterocycles. The van der Waals surface area contributed by atoms with E-state index in [1.807, 2.05) is 0 Å². The van der Waals surface area contributed by atoms with Crippen LogP contribution in [0.4, 0.5) is 13.2 Å². The van der Waals surface area contributed by atoms with Gasteiger partial charge < -0.3 is 30.3 Å². The van der Waals surface area contributed by atoms with Crippen LogP contribution in [0.3, 0.4) is 0 Å². The molecule has 4 N–H and O–H groups in total. The van der Waals surface area contributed by atoms with E-state index in [2.05, 4.69) is 10.6 Å². The van der Waals surface area contributed by atoms with Crippen LogP contribution in [0, 0.1) is 11.8 Å². The van der Waals surface area contributed by atoms with Gasteiger partial charge in [-0.3, -0.25) is 14.4 Å². The number of aliphatic carboxylic acids is 1. The summed E-state index contributed by atoms with van der Waals surface area (Å²) >= 11 is 6.14. The van der Waals surface area contributed by atoms with Crippen molar-refractivity contribution < 1.29 is 52.0 Å². The van der Waals surface area contributed by atoms with Gasteiger partial charge in [-0.2, -0.15) is 13.2 Å². The maximum atomic E-state index is 13.9. The first-order valence-corrected chi connectivity index (χ1v) is 15.2. The zero-order valence-corrected chi connectivity index (χ0v) is 27.0. The SMILES string of the molecule is COc1ccc([C@H](NC(=O)[C@H](Cc2cccc(Cl)c2)NC(=O)c2ccc(OCC(=O)O)cc2)C(=O)C[C@@H](C(C)C)[C@H](O)C(F)(F)F)cc1. The molecule has 0 saturated heterocycles. The molecular formula is C34H36ClF3N2O8. The molecule has 3 rings (SSSR count). The molecule has 0 spiro atoms. The van der Waals surface area contributed by atoms with Gasteiger partial charge in [-0.1, -0.05) is 49.7 Å². The average molecular weight is 693 g/mol. The van der Waals surface area contributed by atoms with E-state index in [0.29, 0.717) is 16.3 Å². The van der Waals surface area contributed by atoms with Crippen LogP contribution in [0.5, 0.6) is 11.5 Å². The number of hydrogen-bond acceptors (Lipinski definition) is 7. The topological polar surface area (TPSA) is 151 Å². The number of nitrogens with one attached hydrogen (secondary N) is 2. The van der Waals surface area contributed by atoms with Crippen molar-refractivity contribution in [3.05, 3.63) is 94.5 Å². The van der Waals surface area contributed by atoms with Crippen molar-refractivity contribution in [3.8, 4) is 11.5 Å². The molecule has 0 unspecified atom stereocenters. The second kappa shape index (κ2) is 17.0. The predicted octanol–water partition coefficient (Wildman–Crippen LogP) is 5.17. The number of methoxy groups -OCH3 is 1. The van der Waals surface area contributed by atoms with Gasteiger partial charge in [-0.05, 0) is 65.6 Å². The number of ketones is 1. The summed E-state index contributed by atoms with van der Waals surface area (Å²) < 4.78 is 50.7. The zero-order chi connectivity index (χ0) is 35.6. The summed E-state index contributed by atoms with van der Waals surface area (Å²) in [6.45, 7) is 2.32. The Morgan fingerprint density at radius 1 is 0.917 bits per heavy atom. The lowest BCUT2D eigenvalue weighted by Gasteiger charge is -2.29. The summed E-state index contributed by atoms with van der Waals surface area (Å²) in [4.78, 5) is 51.6. The Morgan fingerprint density at radius 2 is 1.54 bits per heavy atom. The van der Waals surface area contributed by atoms with Crippen LogP contribution in [0.2, 0.25) is 5.02 Å². The minimum absolute atomic E-state index is 0.0805. The van der Waals surface area contributed by atoms with Crippen molar-refractivity contribution in [3.63, 3.8) is 0 Å². The fourth-order valence-electron chi connectivity index (χ4n) is 4.89. The van der Waals surface area contributed by atoms with E-state index >= 15 is 0 Å². The second-order valence-corrected chi connectivity index (χ2v) is 11.8. The molecule has 3 aromatic carbocycles. The largest absolute Gasteiger partial charge is 0.497 e. The maximum absolute atomic E-state index is 13.9. The molecule has 0 aliphatic carbocycles. The molecule has 0 aliphatic heterocycles. The first-order valence-electron chi connectivity index (χ1n) is 14.8. The van der Waals surface area contributed by atoms with Crippen molar-refractivity contribution in [2.45, 2.75) is 51.1 Å². The Morgan fingerprint density at radius 3 is 2.08 bits per heavy atom. The number of alkyl halides is 3. The number of carboxylic acid groups (broad SMARTS) is 1. The van der Waals surface area contributed by atoms with E-state index in [-0.39, 0.29) is 23.3 Å². The summed E-state index contributed by atoms with van der Waals surface area (Å²) in [5, 5.41) is 24.5. The van der Waals surface area contributed by atoms with Crippen molar-refractivity contribution in [1.29, 1.82) is 0 Å². The van der Waals surface area contributed by atoms with Gasteiger partial charge >= 0.3 is 12.1 Å². The molecule has 0 saturated carbocycles. The number of aliphatic hydroxyl groups is 1. The summed E-state index contributed by atoms with van der Waals surface area (Å²) in [5.41, 5.74) is 0.897. The van der Waals surface area contributed by atoms with Gasteiger partial charge in [0, 0.05) is 29.3 Å². The minimum Gasteiger partial charge on any atom is -0.497 e. The third kappa shape index (κ3) is 11.0. The first kappa shape index (κ1) is 37.8. The Hall–Kier alpha value is -4.62. The molecule has 4 atom stereocenters. The highest BCUT2D eigenvalue weighted by Gasteiger charge is 2.45. The van der Waals surface area contributed by atoms with Crippen LogP contribution in [-0.2, 0) is 20.8 Å². The highest BCUT2D eigenvalue weighted by molar-refractivity contribution is 6.30. The fourth-order valence-corrected chi connectivity index (χ4v) is 5.10. The van der Waals surface area contributed by atoms with Crippen molar-refractivity contribution in [2.75, 3.05) is 13.7 Å². The van der Waals surface area contributed by atoms with Crippen molar-refractivity contribution in [1.82, 2.24) is 10.6 Å². The van der Waals surface area contributed by atoms with E-state index in [1.165, 1.54) is 69.5 Å². The molecular weight excluding hydrogens is 657 g/mol. The van der Waals surface area contributed by atoms with E-state index in [9.17, 15) is 37.5 Å². The molecule has 0 bridgehead atoms. The number of rotatable bonds is 16. The van der Waals surface area contributed by atoms with Gasteiger partial charge in [0.15, 0.2) is 18.5 Å². The Labute approximate surface area is 280 Å². The predicted molar refractivity (Wildman–Crippen MR) is 170 cm³/mol. The van der Waals surface area contributed by atoms with Crippen LogP contribution in [0.1, 0.15) is 47.8 Å². The highest BCUT2D eigenvalue weighted by Crippen LogP contribution is 2.33. The Kier molecular flexibility index (Phi) is 13.4. The smallest absolute Gasteiger partial charge is 0.414 e. The lowest BCUT2D eigenvalue weighted by molar-refractivity contribution is -0.224. The maximum Gasteiger partial charge on any atom is 0.414 e. The molecule has 0 aliphatic rings. The van der Waals surface area contributed by atoms with Gasteiger partial charge in [0.2, 0.25) is 5.91 Å². The summed E-state index contributed by atoms with van der Waals surface area (Å²) in [7, 11) is 1.42. The number of aliphatic hydroxyl groups excluding tert-OH is 1. The van der Waals surface area contributed by atoms with Crippen molar-refractivity contribution in [2.24, 2.45) is 11.8 Å². The molecule has 0 radical (unpaired) electrons. The van der Waals surface area contributed by atoms with Gasteiger partial charge in [-0.25, -0.2) is 4.79 Å². The van der Waals surface area contributed by atoms with Crippen LogP contribution >= 0.6 is 11.6 Å². The number of carbonyl (C=O) groups is 4. The number of halogens is 4. The molecule has 3 aromatic rings. The lowest BCUT2D eigenvalue weighted by atomic mass is 9.83. The first-order chi connectivity index (χ1) is 22.6. The molecule has 0 fully saturated rings. The summed E-state index contributed by atoms with van der Waals surface area (Å²) in [6, 6.07) is 15.2. The van der Waals surface area contributed by atoms with Crippen LogP contribution in [-0.4, -0.2) is 65.8 Å². The number of ether oxygens (including phenoxy) is 2. The molecule has 2 amide bonds. The third-order valence-electron chi connectivity index (χ3n) is 7.52. The molecule has 10 nitrogen and oxygen atoms in total. The van der Waals surface area contributed by atoms with Crippen molar-refractivity contribution >= 4 is 35.2 Å². The fraction of sp³-hybridized carbons (Fsp3) is 0.353. The number of hydrogen-bond donors (Lipinski definition) is 4. The third-order valence-corrected chi connectivity index (χ3v) is 7.76. The monoisotopic (exact) mass is 692 g/mol. The van der Waals surface area contributed by atoms with E-state index < -0.39 is 72.8 Å². The van der Waals surface area contributed by atoms with Crippen LogP contribution in [0.25, 0.3) is 0 Å². The normalized spacial score (nSPS) is 13.9. The van der Waals surface area contributed by atoms with Gasteiger partial charge in [0.05, 0.1) is 7.11 Å². The quantitative estimate of drug-likeness (QED) is 0.161. The van der Waals surface area contributed by atoms with Crippen LogP contribution in [0.15, 0.2) is 72.8 Å². The molecule has 48 heavy (non-hydrogen) atoms. The summed E-state index contributed by atoms with van der Waals surface area (Å²) in [6.07, 6.45) is -8.54. The number of carboxylic acids is 1. The standard InChI is InChI=1S/C34H36ClF3N2O8/c1-19(2)26(31(44)34(36,37)38)17-28(41)30(21-7-11-24(47-3)12-8-21)40-33(46)27(16-20-5-4-6-23(35)15-20)39-32(45)22-9-13-25(14-10-22)48-18-29(42)43/h4-15,19,26-27,30-31,44H,16-18H2,1-3H3,(H,39,45)(H,40,46)(H,42,43)/t26-,27-,30-,31-/m0/s1. The van der Waals surface area contributed by atoms with E-state index in [1.54, 1.807) is 24.3 Å². The van der Waals surface area contributed by atoms with Gasteiger partial charge in [0.25, 0.3) is 5.91 Å². The van der Waals surface area contributed by atoms with E-state index in [0.717, 1.165) is 0 Å². The lowest BCUT2D eigenvalue weighted by Crippen LogP contribution is -2.50. The zero-order valence-electron chi connectivity index (χ0n) is 26.3. The minimum atomic E-state index is -4.97. The van der Waals surface area contributed by atoms with Gasteiger partial charge in [0.1, 0.15) is 23.6 Å². The number of benzene rings is 3. The van der Waals surface area contributed by atoms with Gasteiger partial charge in [-0.15, -0.1) is 0 Å². The Balaban J connectivity index is 1.94. The summed E-state index contributed by atoms with van der Waals surface area (Å²) in [5.74, 6) is -5.12. The molecule has 14 heteroatoms. The average Bonchev–Trinajstić information content (AvgIpc) is 3.04. The number of amides is 2. The Bertz CT molecular complexity index is 1570. The number of Topliss-reactive ketones (excluding diaryl/α,β-unsaturated/α-hetero) is 1. The molecule has 0 aromatic heterocycles. The molecule has 258 valence electrons. The van der Waals surface area contributed by atoms with Crippen LogP contribution < -0.4 is 20.1 Å². The van der Waals surface area contributed by atoms with E-state index in [4.69, 9.17) is 26.2 Å².